The van der Waals surface area contributed by atoms with Crippen LogP contribution in [0, 0.1) is 0 Å². The van der Waals surface area contributed by atoms with E-state index in [1.54, 1.807) is 20.1 Å². The predicted molar refractivity (Wildman–Crippen MR) is 56.8 cm³/mol. The van der Waals surface area contributed by atoms with Crippen molar-refractivity contribution in [3.05, 3.63) is 0 Å². The maximum absolute atomic E-state index is 9.35. The molecule has 0 rings (SSSR count). The first-order chi connectivity index (χ1) is 5.21. The van der Waals surface area contributed by atoms with Gasteiger partial charge in [-0.3, -0.25) is 0 Å². The number of rotatable bonds is 3. The quantitative estimate of drug-likeness (QED) is 0.547. The van der Waals surface area contributed by atoms with Crippen LogP contribution in [-0.2, 0) is 0 Å². The zero-order valence-corrected chi connectivity index (χ0v) is 9.40. The average Bonchev–Trinajstić information content (AvgIpc) is 1.76. The van der Waals surface area contributed by atoms with Crippen LogP contribution in [0.3, 0.4) is 0 Å². The molecule has 2 nitrogen and oxygen atoms in total. The molecule has 0 fully saturated rings. The normalized spacial score (nSPS) is 14.2. The lowest BCUT2D eigenvalue weighted by molar-refractivity contribution is 0.0898. The van der Waals surface area contributed by atoms with Gasteiger partial charge in [-0.15, -0.1) is 0 Å². The molecule has 0 atom stereocenters. The molecule has 0 heterocycles. The third-order valence-electron chi connectivity index (χ3n) is 0.992. The van der Waals surface area contributed by atoms with Crippen molar-refractivity contribution in [2.45, 2.75) is 51.4 Å². The molecular formula is C9H19NOS. The lowest BCUT2D eigenvalue weighted by atomic mass is 10.1. The molecule has 0 aromatic carbocycles. The summed E-state index contributed by atoms with van der Waals surface area (Å²) in [5, 5.41) is 9.35. The van der Waals surface area contributed by atoms with Crippen molar-refractivity contribution < 1.29 is 5.11 Å². The molecule has 1 N–H and O–H groups in total. The fourth-order valence-corrected chi connectivity index (χ4v) is 0.921. The summed E-state index contributed by atoms with van der Waals surface area (Å²) in [6.45, 7) is 9.89. The lowest BCUT2D eigenvalue weighted by Crippen LogP contribution is -2.18. The van der Waals surface area contributed by atoms with Gasteiger partial charge in [0.15, 0.2) is 0 Å². The van der Waals surface area contributed by atoms with Crippen molar-refractivity contribution in [1.29, 1.82) is 0 Å². The van der Waals surface area contributed by atoms with Gasteiger partial charge in [-0.05, 0) is 46.6 Å². The number of nitrogens with zero attached hydrogens (tertiary/aromatic N) is 1. The highest BCUT2D eigenvalue weighted by atomic mass is 32.2. The van der Waals surface area contributed by atoms with Crippen molar-refractivity contribution in [3.63, 3.8) is 0 Å². The Morgan fingerprint density at radius 1 is 1.25 bits per heavy atom. The van der Waals surface area contributed by atoms with Gasteiger partial charge in [-0.2, -0.15) is 0 Å². The van der Waals surface area contributed by atoms with Crippen LogP contribution in [0.15, 0.2) is 4.40 Å². The van der Waals surface area contributed by atoms with Gasteiger partial charge < -0.3 is 5.11 Å². The number of hydrogen-bond acceptors (Lipinski definition) is 3. The van der Waals surface area contributed by atoms with Crippen molar-refractivity contribution in [3.8, 4) is 0 Å². The minimum atomic E-state index is -0.637. The topological polar surface area (TPSA) is 32.6 Å². The Morgan fingerprint density at radius 2 is 1.75 bits per heavy atom. The van der Waals surface area contributed by atoms with E-state index in [2.05, 4.69) is 25.2 Å². The second-order valence-corrected chi connectivity index (χ2v) is 6.13. The maximum Gasteiger partial charge on any atom is 0.0641 e. The first-order valence-corrected chi connectivity index (χ1v) is 4.90. The van der Waals surface area contributed by atoms with Gasteiger partial charge in [0, 0.05) is 17.4 Å². The van der Waals surface area contributed by atoms with E-state index < -0.39 is 5.60 Å². The van der Waals surface area contributed by atoms with Crippen LogP contribution in [0.5, 0.6) is 0 Å². The molecule has 12 heavy (non-hydrogen) atoms. The molecule has 0 spiro atoms. The Bertz CT molecular complexity index is 135. The predicted octanol–water partition coefficient (Wildman–Crippen LogP) is 2.66. The minimum absolute atomic E-state index is 0.163. The SMILES string of the molecule is CC(C)(O)C/C=N/SC(C)(C)C. The van der Waals surface area contributed by atoms with E-state index in [1.165, 1.54) is 11.9 Å². The van der Waals surface area contributed by atoms with Crippen molar-refractivity contribution in [2.75, 3.05) is 0 Å². The van der Waals surface area contributed by atoms with Crippen molar-refractivity contribution in [1.82, 2.24) is 0 Å². The first-order valence-electron chi connectivity index (χ1n) is 4.13. The molecule has 0 unspecified atom stereocenters. The summed E-state index contributed by atoms with van der Waals surface area (Å²) in [4.78, 5) is 0. The molecular weight excluding hydrogens is 170 g/mol. The first kappa shape index (κ1) is 12.0. The molecule has 0 aromatic rings. The van der Waals surface area contributed by atoms with E-state index in [-0.39, 0.29) is 4.75 Å². The van der Waals surface area contributed by atoms with Gasteiger partial charge in [0.1, 0.15) is 0 Å². The summed E-state index contributed by atoms with van der Waals surface area (Å²) in [6.07, 6.45) is 2.38. The van der Waals surface area contributed by atoms with Crippen LogP contribution < -0.4 is 0 Å². The van der Waals surface area contributed by atoms with Gasteiger partial charge in [0.05, 0.1) is 5.60 Å². The van der Waals surface area contributed by atoms with Crippen LogP contribution in [0.2, 0.25) is 0 Å². The molecule has 0 saturated carbocycles. The second-order valence-electron chi connectivity index (χ2n) is 4.51. The Kier molecular flexibility index (Phi) is 4.28. The van der Waals surface area contributed by atoms with E-state index in [9.17, 15) is 5.11 Å². The Morgan fingerprint density at radius 3 is 2.08 bits per heavy atom. The summed E-state index contributed by atoms with van der Waals surface area (Å²) in [5.41, 5.74) is -0.637. The largest absolute Gasteiger partial charge is 0.390 e. The van der Waals surface area contributed by atoms with Crippen LogP contribution in [0.1, 0.15) is 41.0 Å². The van der Waals surface area contributed by atoms with Crippen LogP contribution in [0.25, 0.3) is 0 Å². The van der Waals surface area contributed by atoms with Gasteiger partial charge >= 0.3 is 0 Å². The van der Waals surface area contributed by atoms with Crippen LogP contribution in [-0.4, -0.2) is 21.7 Å². The maximum atomic E-state index is 9.35. The molecule has 0 aliphatic carbocycles. The van der Waals surface area contributed by atoms with Gasteiger partial charge in [-0.1, -0.05) is 0 Å². The third-order valence-corrected chi connectivity index (χ3v) is 1.79. The highest BCUT2D eigenvalue weighted by Gasteiger charge is 2.11. The van der Waals surface area contributed by atoms with Gasteiger partial charge in [0.25, 0.3) is 0 Å². The van der Waals surface area contributed by atoms with Gasteiger partial charge in [-0.25, -0.2) is 4.40 Å². The van der Waals surface area contributed by atoms with Gasteiger partial charge in [0.2, 0.25) is 0 Å². The molecule has 0 amide bonds. The van der Waals surface area contributed by atoms with E-state index in [1.807, 2.05) is 0 Å². The molecule has 0 aliphatic heterocycles. The molecule has 0 bridgehead atoms. The lowest BCUT2D eigenvalue weighted by Gasteiger charge is -2.15. The summed E-state index contributed by atoms with van der Waals surface area (Å²) in [5.74, 6) is 0. The molecule has 3 heteroatoms. The van der Waals surface area contributed by atoms with Crippen molar-refractivity contribution >= 4 is 18.2 Å². The van der Waals surface area contributed by atoms with Crippen LogP contribution >= 0.6 is 11.9 Å². The fraction of sp³-hybridized carbons (Fsp3) is 0.889. The molecule has 0 aliphatic rings. The minimum Gasteiger partial charge on any atom is -0.390 e. The zero-order valence-electron chi connectivity index (χ0n) is 8.59. The van der Waals surface area contributed by atoms with E-state index in [0.717, 1.165) is 0 Å². The van der Waals surface area contributed by atoms with Crippen LogP contribution in [0.4, 0.5) is 0 Å². The Labute approximate surface area is 79.6 Å². The summed E-state index contributed by atoms with van der Waals surface area (Å²) < 4.78 is 4.32. The standard InChI is InChI=1S/C9H19NOS/c1-8(2,3)12-10-7-6-9(4,5)11/h7,11H,6H2,1-5H3/b10-7+. The van der Waals surface area contributed by atoms with Crippen molar-refractivity contribution in [2.24, 2.45) is 4.40 Å². The van der Waals surface area contributed by atoms with E-state index >= 15 is 0 Å². The summed E-state index contributed by atoms with van der Waals surface area (Å²) in [6, 6.07) is 0. The zero-order chi connectivity index (χ0) is 9.83. The highest BCUT2D eigenvalue weighted by molar-refractivity contribution is 7.99. The second kappa shape index (κ2) is 4.28. The third kappa shape index (κ3) is 9.98. The fourth-order valence-electron chi connectivity index (χ4n) is 0.456. The average molecular weight is 189 g/mol. The molecule has 0 aromatic heterocycles. The molecule has 0 saturated heterocycles. The van der Waals surface area contributed by atoms with E-state index in [0.29, 0.717) is 6.42 Å². The smallest absolute Gasteiger partial charge is 0.0641 e. The summed E-state index contributed by atoms with van der Waals surface area (Å²) >= 11 is 1.53. The Balaban J connectivity index is 3.66. The monoisotopic (exact) mass is 189 g/mol. The Hall–Kier alpha value is -0.0200. The number of aliphatic hydroxyl groups is 1. The molecule has 72 valence electrons. The summed E-state index contributed by atoms with van der Waals surface area (Å²) in [7, 11) is 0. The molecule has 0 radical (unpaired) electrons. The number of hydrogen-bond donors (Lipinski definition) is 1. The van der Waals surface area contributed by atoms with E-state index in [4.69, 9.17) is 0 Å². The highest BCUT2D eigenvalue weighted by Crippen LogP contribution is 2.23.